The van der Waals surface area contributed by atoms with Crippen LogP contribution >= 0.6 is 0 Å². The Balaban J connectivity index is 2.29. The first-order valence-corrected chi connectivity index (χ1v) is 4.30. The van der Waals surface area contributed by atoms with E-state index < -0.39 is 5.60 Å². The number of carbonyl (C=O) groups is 1. The van der Waals surface area contributed by atoms with Gasteiger partial charge in [0.2, 0.25) is 0 Å². The van der Waals surface area contributed by atoms with Crippen LogP contribution in [0.5, 0.6) is 0 Å². The van der Waals surface area contributed by atoms with Gasteiger partial charge in [0, 0.05) is 12.3 Å². The molecule has 2 bridgehead atoms. The molecule has 0 heterocycles. The minimum Gasteiger partial charge on any atom is -0.388 e. The number of nitrogens with zero attached hydrogens (tertiary/aromatic N) is 1. The van der Waals surface area contributed by atoms with Gasteiger partial charge in [-0.15, -0.1) is 0 Å². The number of fused-ring (bicyclic) bond motifs is 3. The number of ketones is 1. The quantitative estimate of drug-likeness (QED) is 0.572. The van der Waals surface area contributed by atoms with Crippen LogP contribution in [0.2, 0.25) is 0 Å². The highest BCUT2D eigenvalue weighted by Crippen LogP contribution is 2.45. The Labute approximate surface area is 71.0 Å². The predicted molar refractivity (Wildman–Crippen MR) is 41.0 cm³/mol. The van der Waals surface area contributed by atoms with Crippen molar-refractivity contribution in [2.75, 3.05) is 0 Å². The van der Waals surface area contributed by atoms with Crippen LogP contribution in [0.3, 0.4) is 0 Å². The van der Waals surface area contributed by atoms with Crippen molar-refractivity contribution in [1.29, 1.82) is 5.26 Å². The van der Waals surface area contributed by atoms with Crippen LogP contribution in [0.4, 0.5) is 0 Å². The van der Waals surface area contributed by atoms with Gasteiger partial charge in [0.1, 0.15) is 5.78 Å². The molecule has 3 aliphatic carbocycles. The van der Waals surface area contributed by atoms with Crippen LogP contribution < -0.4 is 0 Å². The van der Waals surface area contributed by atoms with Gasteiger partial charge in [-0.05, 0) is 19.3 Å². The topological polar surface area (TPSA) is 61.1 Å². The summed E-state index contributed by atoms with van der Waals surface area (Å²) in [4.78, 5) is 11.3. The summed E-state index contributed by atoms with van der Waals surface area (Å²) in [6.45, 7) is 0. The second-order valence-corrected chi connectivity index (χ2v) is 3.90. The molecule has 0 aromatic carbocycles. The smallest absolute Gasteiger partial charge is 0.138 e. The second-order valence-electron chi connectivity index (χ2n) is 3.90. The minimum absolute atomic E-state index is 0.0590. The maximum absolute atomic E-state index is 11.3. The molecule has 3 atom stereocenters. The fourth-order valence-electron chi connectivity index (χ4n) is 2.34. The van der Waals surface area contributed by atoms with Gasteiger partial charge in [-0.3, -0.25) is 4.79 Å². The largest absolute Gasteiger partial charge is 0.388 e. The third-order valence-corrected chi connectivity index (χ3v) is 3.19. The van der Waals surface area contributed by atoms with E-state index in [9.17, 15) is 9.90 Å². The van der Waals surface area contributed by atoms with E-state index >= 15 is 0 Å². The van der Waals surface area contributed by atoms with E-state index in [1.54, 1.807) is 0 Å². The van der Waals surface area contributed by atoms with Crippen LogP contribution in [0.15, 0.2) is 0 Å². The van der Waals surface area contributed by atoms with E-state index in [0.717, 1.165) is 6.42 Å². The summed E-state index contributed by atoms with van der Waals surface area (Å²) >= 11 is 0. The molecule has 64 valence electrons. The highest BCUT2D eigenvalue weighted by Gasteiger charge is 2.50. The number of nitriles is 1. The third-order valence-electron chi connectivity index (χ3n) is 3.19. The van der Waals surface area contributed by atoms with Crippen molar-refractivity contribution >= 4 is 5.78 Å². The van der Waals surface area contributed by atoms with E-state index in [1.165, 1.54) is 0 Å². The Kier molecular flexibility index (Phi) is 1.49. The summed E-state index contributed by atoms with van der Waals surface area (Å²) in [7, 11) is 0. The second kappa shape index (κ2) is 2.30. The molecule has 12 heavy (non-hydrogen) atoms. The van der Waals surface area contributed by atoms with E-state index in [4.69, 9.17) is 5.26 Å². The predicted octanol–water partition coefficient (Wildman–Crippen LogP) is 0.630. The van der Waals surface area contributed by atoms with Gasteiger partial charge in [-0.1, -0.05) is 0 Å². The molecule has 0 amide bonds. The number of rotatable bonds is 0. The zero-order valence-electron chi connectivity index (χ0n) is 6.79. The Morgan fingerprint density at radius 1 is 1.67 bits per heavy atom. The average molecular weight is 165 g/mol. The summed E-state index contributed by atoms with van der Waals surface area (Å²) in [6, 6.07) is 2.09. The first-order valence-electron chi connectivity index (χ1n) is 4.30. The Morgan fingerprint density at radius 3 is 2.92 bits per heavy atom. The molecule has 3 fully saturated rings. The number of hydrogen-bond acceptors (Lipinski definition) is 3. The Morgan fingerprint density at radius 2 is 2.42 bits per heavy atom. The summed E-state index contributed by atoms with van der Waals surface area (Å²) < 4.78 is 0. The van der Waals surface area contributed by atoms with Crippen molar-refractivity contribution in [3.63, 3.8) is 0 Å². The average Bonchev–Trinajstić information content (AvgIpc) is 2.03. The molecule has 0 radical (unpaired) electrons. The fraction of sp³-hybridized carbons (Fsp3) is 0.778. The first kappa shape index (κ1) is 7.75. The highest BCUT2D eigenvalue weighted by atomic mass is 16.3. The van der Waals surface area contributed by atoms with Crippen LogP contribution in [0.1, 0.15) is 25.7 Å². The monoisotopic (exact) mass is 165 g/mol. The lowest BCUT2D eigenvalue weighted by atomic mass is 9.61. The maximum Gasteiger partial charge on any atom is 0.138 e. The Hall–Kier alpha value is -0.880. The molecule has 3 unspecified atom stereocenters. The van der Waals surface area contributed by atoms with Crippen LogP contribution in [0, 0.1) is 23.2 Å². The molecule has 0 spiro atoms. The molecule has 0 aromatic heterocycles. The summed E-state index contributed by atoms with van der Waals surface area (Å²) in [5.41, 5.74) is -0.986. The highest BCUT2D eigenvalue weighted by molar-refractivity contribution is 5.84. The molecule has 0 aromatic rings. The van der Waals surface area contributed by atoms with Crippen LogP contribution in [0.25, 0.3) is 0 Å². The van der Waals surface area contributed by atoms with Gasteiger partial charge < -0.3 is 5.11 Å². The number of aliphatic hydroxyl groups is 1. The van der Waals surface area contributed by atoms with E-state index in [2.05, 4.69) is 6.07 Å². The Bertz CT molecular complexity index is 268. The molecule has 3 saturated carbocycles. The van der Waals surface area contributed by atoms with Gasteiger partial charge in [-0.2, -0.15) is 5.26 Å². The molecular weight excluding hydrogens is 154 g/mol. The lowest BCUT2D eigenvalue weighted by molar-refractivity contribution is -0.146. The molecule has 3 heteroatoms. The first-order chi connectivity index (χ1) is 5.65. The van der Waals surface area contributed by atoms with Crippen LogP contribution in [-0.4, -0.2) is 16.5 Å². The van der Waals surface area contributed by atoms with E-state index in [1.807, 2.05) is 0 Å². The van der Waals surface area contributed by atoms with Crippen molar-refractivity contribution in [1.82, 2.24) is 0 Å². The third kappa shape index (κ3) is 0.881. The lowest BCUT2D eigenvalue weighted by Crippen LogP contribution is -2.51. The number of carbonyl (C=O) groups excluding carboxylic acids is 1. The van der Waals surface area contributed by atoms with Crippen LogP contribution in [-0.2, 0) is 4.79 Å². The molecule has 1 N–H and O–H groups in total. The molecule has 3 nitrogen and oxygen atoms in total. The van der Waals surface area contributed by atoms with Crippen molar-refractivity contribution in [2.24, 2.45) is 11.8 Å². The number of Topliss-reactive ketones (excluding diaryl/α,β-unsaturated/α-hetero) is 1. The van der Waals surface area contributed by atoms with Crippen molar-refractivity contribution in [2.45, 2.75) is 31.3 Å². The number of hydrogen-bond donors (Lipinski definition) is 1. The summed E-state index contributed by atoms with van der Waals surface area (Å²) in [5.74, 6) is -0.104. The normalized spacial score (nSPS) is 45.8. The van der Waals surface area contributed by atoms with Crippen molar-refractivity contribution < 1.29 is 9.90 Å². The van der Waals surface area contributed by atoms with E-state index in [-0.39, 0.29) is 24.0 Å². The summed E-state index contributed by atoms with van der Waals surface area (Å²) in [6.07, 6.45) is 2.18. The molecule has 3 rings (SSSR count). The van der Waals surface area contributed by atoms with Gasteiger partial charge in [-0.25, -0.2) is 0 Å². The summed E-state index contributed by atoms with van der Waals surface area (Å²) in [5, 5.41) is 18.6. The zero-order valence-corrected chi connectivity index (χ0v) is 6.79. The van der Waals surface area contributed by atoms with Crippen molar-refractivity contribution in [3.05, 3.63) is 0 Å². The minimum atomic E-state index is -0.986. The van der Waals surface area contributed by atoms with Gasteiger partial charge in [0.25, 0.3) is 0 Å². The molecule has 3 aliphatic rings. The zero-order chi connectivity index (χ0) is 8.77. The van der Waals surface area contributed by atoms with Gasteiger partial charge in [0.15, 0.2) is 0 Å². The van der Waals surface area contributed by atoms with E-state index in [0.29, 0.717) is 12.8 Å². The van der Waals surface area contributed by atoms with Gasteiger partial charge >= 0.3 is 0 Å². The molecule has 0 saturated heterocycles. The molecular formula is C9H11NO2. The fourth-order valence-corrected chi connectivity index (χ4v) is 2.34. The van der Waals surface area contributed by atoms with Crippen molar-refractivity contribution in [3.8, 4) is 6.07 Å². The van der Waals surface area contributed by atoms with Gasteiger partial charge in [0.05, 0.1) is 17.6 Å². The maximum atomic E-state index is 11.3. The standard InChI is InChI=1S/C9H11NO2/c10-5-7-3-6-1-2-9(7,12)4-8(6)11/h6-7,12H,1-4H2. The SMILES string of the molecule is N#CC1CC2CCC1(O)CC2=O. The lowest BCUT2D eigenvalue weighted by Gasteiger charge is -2.44. The molecule has 0 aliphatic heterocycles.